The first-order chi connectivity index (χ1) is 8.38. The second kappa shape index (κ2) is 3.68. The van der Waals surface area contributed by atoms with E-state index >= 15 is 0 Å². The van der Waals surface area contributed by atoms with Gasteiger partial charge in [0, 0.05) is 5.56 Å². The molecule has 17 heavy (non-hydrogen) atoms. The lowest BCUT2D eigenvalue weighted by Gasteiger charge is -1.91. The molecule has 0 spiro atoms. The highest BCUT2D eigenvalue weighted by Crippen LogP contribution is 2.21. The quantitative estimate of drug-likeness (QED) is 0.680. The fraction of sp³-hybridized carbons (Fsp3) is 0. The average Bonchev–Trinajstić information content (AvgIpc) is 2.83. The molecule has 5 heteroatoms. The number of benzene rings is 1. The second-order valence-corrected chi connectivity index (χ2v) is 3.53. The molecular weight excluding hydrogens is 214 g/mol. The summed E-state index contributed by atoms with van der Waals surface area (Å²) in [7, 11) is 0. The lowest BCUT2D eigenvalue weighted by Crippen LogP contribution is -1.83. The number of para-hydroxylation sites is 1. The highest BCUT2D eigenvalue weighted by molar-refractivity contribution is 5.84. The normalized spacial score (nSPS) is 10.3. The van der Waals surface area contributed by atoms with Gasteiger partial charge in [0.25, 0.3) is 0 Å². The third kappa shape index (κ3) is 1.52. The van der Waals surface area contributed by atoms with E-state index in [9.17, 15) is 0 Å². The summed E-state index contributed by atoms with van der Waals surface area (Å²) in [5, 5.41) is 16.5. The van der Waals surface area contributed by atoms with Crippen molar-refractivity contribution in [2.75, 3.05) is 0 Å². The Hall–Kier alpha value is -2.74. The van der Waals surface area contributed by atoms with Gasteiger partial charge in [0.1, 0.15) is 17.4 Å². The Morgan fingerprint density at radius 1 is 1.18 bits per heavy atom. The first kappa shape index (κ1) is 9.48. The SMILES string of the molecule is N#Cc1cccc2[nH]c(-c3ccnnc3)nc12. The molecule has 2 aromatic heterocycles. The van der Waals surface area contributed by atoms with Gasteiger partial charge in [0.15, 0.2) is 0 Å². The van der Waals surface area contributed by atoms with Crippen LogP contribution in [-0.2, 0) is 0 Å². The number of nitrogens with one attached hydrogen (secondary N) is 1. The van der Waals surface area contributed by atoms with Gasteiger partial charge in [-0.3, -0.25) is 0 Å². The Labute approximate surface area is 96.8 Å². The van der Waals surface area contributed by atoms with Crippen LogP contribution in [0.3, 0.4) is 0 Å². The van der Waals surface area contributed by atoms with E-state index in [2.05, 4.69) is 26.2 Å². The van der Waals surface area contributed by atoms with Crippen molar-refractivity contribution in [1.29, 1.82) is 5.26 Å². The van der Waals surface area contributed by atoms with Crippen molar-refractivity contribution in [3.8, 4) is 17.5 Å². The van der Waals surface area contributed by atoms with Crippen molar-refractivity contribution in [2.24, 2.45) is 0 Å². The summed E-state index contributed by atoms with van der Waals surface area (Å²) in [6, 6.07) is 9.41. The van der Waals surface area contributed by atoms with Gasteiger partial charge in [-0.25, -0.2) is 4.98 Å². The minimum absolute atomic E-state index is 0.562. The summed E-state index contributed by atoms with van der Waals surface area (Å²) >= 11 is 0. The van der Waals surface area contributed by atoms with E-state index in [0.29, 0.717) is 16.9 Å². The molecular formula is C12H7N5. The number of hydrogen-bond acceptors (Lipinski definition) is 4. The molecule has 0 saturated heterocycles. The van der Waals surface area contributed by atoms with Crippen LogP contribution in [0.15, 0.2) is 36.7 Å². The molecule has 0 fully saturated rings. The predicted octanol–water partition coefficient (Wildman–Crippen LogP) is 1.89. The van der Waals surface area contributed by atoms with Crippen molar-refractivity contribution >= 4 is 11.0 Å². The monoisotopic (exact) mass is 221 g/mol. The van der Waals surface area contributed by atoms with Crippen molar-refractivity contribution in [1.82, 2.24) is 20.2 Å². The van der Waals surface area contributed by atoms with E-state index in [1.807, 2.05) is 18.2 Å². The molecule has 3 rings (SSSR count). The number of nitrogens with zero attached hydrogens (tertiary/aromatic N) is 4. The smallest absolute Gasteiger partial charge is 0.140 e. The van der Waals surface area contributed by atoms with E-state index in [1.54, 1.807) is 18.5 Å². The zero-order valence-corrected chi connectivity index (χ0v) is 8.75. The number of hydrogen-bond donors (Lipinski definition) is 1. The summed E-state index contributed by atoms with van der Waals surface area (Å²) < 4.78 is 0. The van der Waals surface area contributed by atoms with Crippen LogP contribution in [0.2, 0.25) is 0 Å². The summed E-state index contributed by atoms with van der Waals surface area (Å²) in [6.45, 7) is 0. The summed E-state index contributed by atoms with van der Waals surface area (Å²) in [6.07, 6.45) is 3.23. The third-order valence-electron chi connectivity index (χ3n) is 2.49. The maximum Gasteiger partial charge on any atom is 0.140 e. The van der Waals surface area contributed by atoms with Crippen LogP contribution >= 0.6 is 0 Å². The highest BCUT2D eigenvalue weighted by atomic mass is 15.1. The van der Waals surface area contributed by atoms with Crippen molar-refractivity contribution in [3.05, 3.63) is 42.2 Å². The number of aromatic amines is 1. The van der Waals surface area contributed by atoms with E-state index in [0.717, 1.165) is 11.1 Å². The fourth-order valence-corrected chi connectivity index (χ4v) is 1.69. The van der Waals surface area contributed by atoms with Gasteiger partial charge in [-0.2, -0.15) is 15.5 Å². The Balaban J connectivity index is 2.25. The molecule has 0 aliphatic rings. The minimum atomic E-state index is 0.562. The number of H-pyrrole nitrogens is 1. The molecule has 0 atom stereocenters. The lowest BCUT2D eigenvalue weighted by atomic mass is 10.2. The molecule has 1 N–H and O–H groups in total. The molecule has 0 amide bonds. The van der Waals surface area contributed by atoms with Crippen molar-refractivity contribution in [3.63, 3.8) is 0 Å². The molecule has 0 aliphatic carbocycles. The molecule has 0 saturated carbocycles. The van der Waals surface area contributed by atoms with E-state index in [4.69, 9.17) is 5.26 Å². The minimum Gasteiger partial charge on any atom is -0.338 e. The number of nitriles is 1. The molecule has 80 valence electrons. The number of imidazole rings is 1. The van der Waals surface area contributed by atoms with E-state index < -0.39 is 0 Å². The van der Waals surface area contributed by atoms with Gasteiger partial charge in [-0.05, 0) is 18.2 Å². The Morgan fingerprint density at radius 3 is 2.88 bits per heavy atom. The molecule has 3 aromatic rings. The first-order valence-corrected chi connectivity index (χ1v) is 5.04. The summed E-state index contributed by atoms with van der Waals surface area (Å²) in [5.74, 6) is 0.692. The molecule has 2 heterocycles. The zero-order chi connectivity index (χ0) is 11.7. The maximum absolute atomic E-state index is 8.99. The largest absolute Gasteiger partial charge is 0.338 e. The Morgan fingerprint density at radius 2 is 2.12 bits per heavy atom. The van der Waals surface area contributed by atoms with Crippen LogP contribution in [0, 0.1) is 11.3 Å². The summed E-state index contributed by atoms with van der Waals surface area (Å²) in [5.41, 5.74) is 2.93. The van der Waals surface area contributed by atoms with Gasteiger partial charge in [-0.1, -0.05) is 6.07 Å². The van der Waals surface area contributed by atoms with Crippen LogP contribution in [-0.4, -0.2) is 20.2 Å². The van der Waals surface area contributed by atoms with Crippen molar-refractivity contribution in [2.45, 2.75) is 0 Å². The lowest BCUT2D eigenvalue weighted by molar-refractivity contribution is 1.03. The van der Waals surface area contributed by atoms with Crippen LogP contribution in [0.1, 0.15) is 5.56 Å². The van der Waals surface area contributed by atoms with Gasteiger partial charge < -0.3 is 4.98 Å². The molecule has 0 aliphatic heterocycles. The molecule has 0 radical (unpaired) electrons. The Kier molecular flexibility index (Phi) is 2.06. The number of aromatic nitrogens is 4. The maximum atomic E-state index is 8.99. The van der Waals surface area contributed by atoms with E-state index in [-0.39, 0.29) is 0 Å². The predicted molar refractivity (Wildman–Crippen MR) is 61.8 cm³/mol. The molecule has 0 bridgehead atoms. The highest BCUT2D eigenvalue weighted by Gasteiger charge is 2.08. The van der Waals surface area contributed by atoms with Crippen LogP contribution in [0.25, 0.3) is 22.4 Å². The fourth-order valence-electron chi connectivity index (χ4n) is 1.69. The number of fused-ring (bicyclic) bond motifs is 1. The van der Waals surface area contributed by atoms with Crippen LogP contribution < -0.4 is 0 Å². The van der Waals surface area contributed by atoms with Gasteiger partial charge in [0.05, 0.1) is 23.5 Å². The Bertz CT molecular complexity index is 709. The molecule has 0 unspecified atom stereocenters. The molecule has 1 aromatic carbocycles. The van der Waals surface area contributed by atoms with Crippen LogP contribution in [0.4, 0.5) is 0 Å². The van der Waals surface area contributed by atoms with Crippen LogP contribution in [0.5, 0.6) is 0 Å². The standard InChI is InChI=1S/C12H7N5/c13-6-8-2-1-3-10-11(8)17-12(16-10)9-4-5-14-15-7-9/h1-5,7H,(H,16,17). The first-order valence-electron chi connectivity index (χ1n) is 5.04. The second-order valence-electron chi connectivity index (χ2n) is 3.53. The van der Waals surface area contributed by atoms with Gasteiger partial charge in [-0.15, -0.1) is 0 Å². The number of rotatable bonds is 1. The summed E-state index contributed by atoms with van der Waals surface area (Å²) in [4.78, 5) is 7.56. The van der Waals surface area contributed by atoms with Crippen molar-refractivity contribution < 1.29 is 0 Å². The zero-order valence-electron chi connectivity index (χ0n) is 8.75. The van der Waals surface area contributed by atoms with E-state index in [1.165, 1.54) is 0 Å². The average molecular weight is 221 g/mol. The van der Waals surface area contributed by atoms with Gasteiger partial charge in [0.2, 0.25) is 0 Å². The topological polar surface area (TPSA) is 78.2 Å². The third-order valence-corrected chi connectivity index (χ3v) is 2.49. The van der Waals surface area contributed by atoms with Gasteiger partial charge >= 0.3 is 0 Å². The molecule has 5 nitrogen and oxygen atoms in total.